The Hall–Kier alpha value is -2.45. The first-order valence-corrected chi connectivity index (χ1v) is 11.3. The van der Waals surface area contributed by atoms with Crippen LogP contribution >= 0.6 is 11.3 Å². The van der Waals surface area contributed by atoms with Crippen molar-refractivity contribution in [1.29, 1.82) is 0 Å². The van der Waals surface area contributed by atoms with Crippen LogP contribution in [0.5, 0.6) is 5.75 Å². The van der Waals surface area contributed by atoms with Gasteiger partial charge in [-0.05, 0) is 48.9 Å². The molecule has 31 heavy (non-hydrogen) atoms. The molecule has 0 fully saturated rings. The molecule has 1 aliphatic rings. The molecule has 8 heteroatoms. The molecule has 168 valence electrons. The van der Waals surface area contributed by atoms with Crippen LogP contribution in [0.25, 0.3) is 0 Å². The summed E-state index contributed by atoms with van der Waals surface area (Å²) in [6, 6.07) is 7.63. The first-order chi connectivity index (χ1) is 14.9. The Morgan fingerprint density at radius 2 is 2.16 bits per heavy atom. The van der Waals surface area contributed by atoms with Gasteiger partial charge in [0, 0.05) is 30.6 Å². The number of halogens is 1. The minimum atomic E-state index is -0.369. The largest absolute Gasteiger partial charge is 0.491 e. The Labute approximate surface area is 186 Å². The van der Waals surface area contributed by atoms with Crippen molar-refractivity contribution in [3.05, 3.63) is 52.0 Å². The molecule has 0 spiro atoms. The van der Waals surface area contributed by atoms with Crippen LogP contribution in [0.1, 0.15) is 36.8 Å². The summed E-state index contributed by atoms with van der Waals surface area (Å²) in [5, 5.41) is 2.02. The maximum atomic E-state index is 13.5. The molecule has 0 saturated heterocycles. The maximum absolute atomic E-state index is 13.5. The molecule has 0 radical (unpaired) electrons. The van der Waals surface area contributed by atoms with Crippen molar-refractivity contribution in [2.75, 3.05) is 33.4 Å². The summed E-state index contributed by atoms with van der Waals surface area (Å²) in [5.74, 6) is -0.280. The van der Waals surface area contributed by atoms with Gasteiger partial charge < -0.3 is 19.3 Å². The van der Waals surface area contributed by atoms with Gasteiger partial charge in [0.15, 0.2) is 0 Å². The lowest BCUT2D eigenvalue weighted by atomic mass is 10.00. The number of ether oxygens (including phenoxy) is 2. The fourth-order valence-corrected chi connectivity index (χ4v) is 4.69. The quantitative estimate of drug-likeness (QED) is 0.587. The highest BCUT2D eigenvalue weighted by Gasteiger charge is 2.34. The van der Waals surface area contributed by atoms with Gasteiger partial charge in [-0.1, -0.05) is 13.0 Å². The molecule has 0 saturated carbocycles. The fourth-order valence-electron chi connectivity index (χ4n) is 3.76. The summed E-state index contributed by atoms with van der Waals surface area (Å²) in [5.41, 5.74) is 1.05. The number of nitrogens with zero attached hydrogens (tertiary/aromatic N) is 2. The highest BCUT2D eigenvalue weighted by atomic mass is 32.1. The monoisotopic (exact) mass is 448 g/mol. The molecule has 2 atom stereocenters. The maximum Gasteiger partial charge on any atom is 0.249 e. The van der Waals surface area contributed by atoms with Crippen LogP contribution in [-0.2, 0) is 20.7 Å². The predicted molar refractivity (Wildman–Crippen MR) is 118 cm³/mol. The molecule has 1 aromatic carbocycles. The van der Waals surface area contributed by atoms with Gasteiger partial charge >= 0.3 is 0 Å². The molecule has 2 aromatic rings. The molecule has 0 bridgehead atoms. The number of benzene rings is 1. The van der Waals surface area contributed by atoms with E-state index in [-0.39, 0.29) is 49.5 Å². The summed E-state index contributed by atoms with van der Waals surface area (Å²) in [4.78, 5) is 30.4. The number of carbonyl (C=O) groups excluding carboxylic acids is 2. The van der Waals surface area contributed by atoms with Crippen LogP contribution in [0.4, 0.5) is 4.39 Å². The third kappa shape index (κ3) is 5.62. The topological polar surface area (TPSA) is 59.1 Å². The number of hydrogen-bond acceptors (Lipinski definition) is 5. The Balaban J connectivity index is 1.78. The SMILES string of the molecule is CCC(C)N(CC(=O)N1CCc2sccc2C1COc1cccc(F)c1)C(=O)COC. The number of rotatable bonds is 9. The van der Waals surface area contributed by atoms with Crippen LogP contribution in [0.15, 0.2) is 35.7 Å². The molecule has 1 aliphatic heterocycles. The van der Waals surface area contributed by atoms with Crippen molar-refractivity contribution >= 4 is 23.2 Å². The molecule has 6 nitrogen and oxygen atoms in total. The van der Waals surface area contributed by atoms with E-state index in [2.05, 4.69) is 0 Å². The van der Waals surface area contributed by atoms with E-state index in [1.807, 2.05) is 25.3 Å². The van der Waals surface area contributed by atoms with Gasteiger partial charge in [-0.2, -0.15) is 0 Å². The number of methoxy groups -OCH3 is 1. The third-order valence-corrected chi connectivity index (χ3v) is 6.63. The van der Waals surface area contributed by atoms with Gasteiger partial charge in [-0.3, -0.25) is 9.59 Å². The van der Waals surface area contributed by atoms with E-state index in [0.29, 0.717) is 12.3 Å². The number of fused-ring (bicyclic) bond motifs is 1. The summed E-state index contributed by atoms with van der Waals surface area (Å²) < 4.78 is 24.4. The zero-order valence-electron chi connectivity index (χ0n) is 18.2. The van der Waals surface area contributed by atoms with Gasteiger partial charge in [0.1, 0.15) is 31.3 Å². The zero-order valence-corrected chi connectivity index (χ0v) is 19.0. The average Bonchev–Trinajstić information content (AvgIpc) is 3.24. The minimum absolute atomic E-state index is 0.00681. The van der Waals surface area contributed by atoms with Gasteiger partial charge in [0.05, 0.1) is 6.04 Å². The molecule has 0 N–H and O–H groups in total. The average molecular weight is 449 g/mol. The first kappa shape index (κ1) is 23.2. The van der Waals surface area contributed by atoms with E-state index < -0.39 is 0 Å². The number of amides is 2. The molecular formula is C23H29FN2O4S. The van der Waals surface area contributed by atoms with E-state index >= 15 is 0 Å². The predicted octanol–water partition coefficient (Wildman–Crippen LogP) is 3.67. The van der Waals surface area contributed by atoms with E-state index in [1.54, 1.807) is 33.3 Å². The summed E-state index contributed by atoms with van der Waals surface area (Å²) >= 11 is 1.67. The van der Waals surface area contributed by atoms with Crippen molar-refractivity contribution in [2.24, 2.45) is 0 Å². The van der Waals surface area contributed by atoms with Crippen molar-refractivity contribution in [2.45, 2.75) is 38.8 Å². The molecule has 2 heterocycles. The summed E-state index contributed by atoms with van der Waals surface area (Å²) in [6.07, 6.45) is 1.51. The zero-order chi connectivity index (χ0) is 22.4. The molecule has 3 rings (SSSR count). The Morgan fingerprint density at radius 1 is 1.35 bits per heavy atom. The minimum Gasteiger partial charge on any atom is -0.491 e. The van der Waals surface area contributed by atoms with E-state index in [1.165, 1.54) is 24.1 Å². The normalized spacial score (nSPS) is 16.5. The lowest BCUT2D eigenvalue weighted by molar-refractivity contribution is -0.146. The number of hydrogen-bond donors (Lipinski definition) is 0. The highest BCUT2D eigenvalue weighted by Crippen LogP contribution is 2.34. The lowest BCUT2D eigenvalue weighted by Crippen LogP contribution is -2.50. The second-order valence-corrected chi connectivity index (χ2v) is 8.63. The van der Waals surface area contributed by atoms with E-state index in [9.17, 15) is 14.0 Å². The first-order valence-electron chi connectivity index (χ1n) is 10.5. The Morgan fingerprint density at radius 3 is 2.87 bits per heavy atom. The van der Waals surface area contributed by atoms with Crippen LogP contribution in [0.2, 0.25) is 0 Å². The molecule has 2 amide bonds. The van der Waals surface area contributed by atoms with Gasteiger partial charge in [-0.25, -0.2) is 4.39 Å². The van der Waals surface area contributed by atoms with Crippen molar-refractivity contribution in [3.8, 4) is 5.75 Å². The fraction of sp³-hybridized carbons (Fsp3) is 0.478. The third-order valence-electron chi connectivity index (χ3n) is 5.64. The number of carbonyl (C=O) groups is 2. The lowest BCUT2D eigenvalue weighted by Gasteiger charge is -2.38. The highest BCUT2D eigenvalue weighted by molar-refractivity contribution is 7.10. The van der Waals surface area contributed by atoms with Gasteiger partial charge in [0.25, 0.3) is 0 Å². The van der Waals surface area contributed by atoms with Crippen molar-refractivity contribution in [1.82, 2.24) is 9.80 Å². The summed E-state index contributed by atoms with van der Waals surface area (Å²) in [6.45, 7) is 4.62. The van der Waals surface area contributed by atoms with Gasteiger partial charge in [0.2, 0.25) is 11.8 Å². The van der Waals surface area contributed by atoms with Crippen molar-refractivity contribution < 1.29 is 23.5 Å². The Bertz CT molecular complexity index is 903. The van der Waals surface area contributed by atoms with Crippen LogP contribution in [-0.4, -0.2) is 61.1 Å². The van der Waals surface area contributed by atoms with Crippen molar-refractivity contribution in [3.63, 3.8) is 0 Å². The molecular weight excluding hydrogens is 419 g/mol. The molecule has 2 unspecified atom stereocenters. The van der Waals surface area contributed by atoms with Crippen LogP contribution in [0, 0.1) is 5.82 Å². The van der Waals surface area contributed by atoms with Crippen LogP contribution in [0.3, 0.4) is 0 Å². The van der Waals surface area contributed by atoms with Crippen LogP contribution < -0.4 is 4.74 Å². The van der Waals surface area contributed by atoms with Gasteiger partial charge in [-0.15, -0.1) is 11.3 Å². The van der Waals surface area contributed by atoms with E-state index in [0.717, 1.165) is 18.4 Å². The smallest absolute Gasteiger partial charge is 0.249 e. The molecule has 1 aromatic heterocycles. The second kappa shape index (κ2) is 10.7. The standard InChI is InChI=1S/C23H29FN2O4S/c1-4-16(2)26(23(28)15-29-3)13-22(27)25-10-8-21-19(9-11-31-21)20(25)14-30-18-7-5-6-17(24)12-18/h5-7,9,11-12,16,20H,4,8,10,13-15H2,1-3H3. The number of thiophene rings is 1. The van der Waals surface area contributed by atoms with E-state index in [4.69, 9.17) is 9.47 Å². The molecule has 0 aliphatic carbocycles. The Kier molecular flexibility index (Phi) is 8.03. The second-order valence-electron chi connectivity index (χ2n) is 7.63. The summed E-state index contributed by atoms with van der Waals surface area (Å²) in [7, 11) is 1.47.